The van der Waals surface area contributed by atoms with Crippen molar-refractivity contribution in [3.8, 4) is 11.5 Å². The summed E-state index contributed by atoms with van der Waals surface area (Å²) in [6, 6.07) is 4.51. The van der Waals surface area contributed by atoms with Crippen LogP contribution >= 0.6 is 11.8 Å². The van der Waals surface area contributed by atoms with Crippen LogP contribution in [-0.4, -0.2) is 38.7 Å². The van der Waals surface area contributed by atoms with E-state index in [1.54, 1.807) is 21.1 Å². The van der Waals surface area contributed by atoms with E-state index in [4.69, 9.17) is 9.47 Å². The second kappa shape index (κ2) is 7.90. The zero-order valence-corrected chi connectivity index (χ0v) is 13.8. The van der Waals surface area contributed by atoms with Crippen molar-refractivity contribution in [3.63, 3.8) is 0 Å². The lowest BCUT2D eigenvalue weighted by Gasteiger charge is -2.17. The summed E-state index contributed by atoms with van der Waals surface area (Å²) in [5, 5.41) is 3.50. The maximum atomic E-state index is 13.1. The van der Waals surface area contributed by atoms with Crippen molar-refractivity contribution in [2.24, 2.45) is 0 Å². The van der Waals surface area contributed by atoms with Gasteiger partial charge in [0.2, 0.25) is 0 Å². The van der Waals surface area contributed by atoms with E-state index >= 15 is 0 Å². The third-order valence-electron chi connectivity index (χ3n) is 3.66. The van der Waals surface area contributed by atoms with E-state index in [-0.39, 0.29) is 0 Å². The molecule has 0 amide bonds. The number of thioether (sulfide) groups is 1. The van der Waals surface area contributed by atoms with Crippen molar-refractivity contribution in [2.75, 3.05) is 26.5 Å². The van der Waals surface area contributed by atoms with E-state index in [0.29, 0.717) is 11.8 Å². The van der Waals surface area contributed by atoms with Crippen LogP contribution in [0.25, 0.3) is 0 Å². The molecule has 2 unspecified atom stereocenters. The standard InChI is InChI=1S/C16H24FNO2S/c1-11(17)10-21-16-9-14(19-2)12(8-15(16)20-3)7-13-5-4-6-18-13/h8-9,11,13,18H,4-7,10H2,1-3H3. The molecule has 0 bridgehead atoms. The molecule has 3 nitrogen and oxygen atoms in total. The van der Waals surface area contributed by atoms with Crippen molar-refractivity contribution in [1.82, 2.24) is 5.32 Å². The second-order valence-electron chi connectivity index (χ2n) is 5.40. The van der Waals surface area contributed by atoms with Gasteiger partial charge in [-0.15, -0.1) is 11.8 Å². The fraction of sp³-hybridized carbons (Fsp3) is 0.625. The Morgan fingerprint density at radius 1 is 1.33 bits per heavy atom. The van der Waals surface area contributed by atoms with Crippen molar-refractivity contribution < 1.29 is 13.9 Å². The smallest absolute Gasteiger partial charge is 0.132 e. The molecule has 1 saturated heterocycles. The lowest BCUT2D eigenvalue weighted by Crippen LogP contribution is -2.23. The van der Waals surface area contributed by atoms with Crippen LogP contribution in [0.3, 0.4) is 0 Å². The number of rotatable bonds is 7. The topological polar surface area (TPSA) is 30.5 Å². The van der Waals surface area contributed by atoms with Gasteiger partial charge in [0.15, 0.2) is 0 Å². The first-order chi connectivity index (χ1) is 10.1. The molecule has 0 aliphatic carbocycles. The molecule has 1 aliphatic heterocycles. The molecule has 1 fully saturated rings. The minimum absolute atomic E-state index is 0.420. The monoisotopic (exact) mass is 313 g/mol. The molecule has 2 atom stereocenters. The van der Waals surface area contributed by atoms with Crippen LogP contribution in [0.15, 0.2) is 17.0 Å². The predicted octanol–water partition coefficient (Wildman–Crippen LogP) is 3.45. The van der Waals surface area contributed by atoms with E-state index in [1.165, 1.54) is 24.6 Å². The summed E-state index contributed by atoms with van der Waals surface area (Å²) in [5.41, 5.74) is 1.14. The molecule has 118 valence electrons. The van der Waals surface area contributed by atoms with Gasteiger partial charge in [0.1, 0.15) is 17.7 Å². The number of halogens is 1. The first kappa shape index (κ1) is 16.4. The van der Waals surface area contributed by atoms with E-state index in [1.807, 2.05) is 12.1 Å². The summed E-state index contributed by atoms with van der Waals surface area (Å²) in [6.07, 6.45) is 2.52. The van der Waals surface area contributed by atoms with Crippen LogP contribution in [0.5, 0.6) is 11.5 Å². The normalized spacial score (nSPS) is 19.5. The van der Waals surface area contributed by atoms with Gasteiger partial charge in [0, 0.05) is 11.8 Å². The average molecular weight is 313 g/mol. The Kier molecular flexibility index (Phi) is 6.18. The maximum Gasteiger partial charge on any atom is 0.132 e. The van der Waals surface area contributed by atoms with Crippen molar-refractivity contribution in [3.05, 3.63) is 17.7 Å². The highest BCUT2D eigenvalue weighted by Crippen LogP contribution is 2.37. The second-order valence-corrected chi connectivity index (χ2v) is 6.47. The minimum atomic E-state index is -0.840. The number of nitrogens with one attached hydrogen (secondary N) is 1. The minimum Gasteiger partial charge on any atom is -0.496 e. The molecule has 1 aromatic carbocycles. The zero-order chi connectivity index (χ0) is 15.2. The lowest BCUT2D eigenvalue weighted by molar-refractivity contribution is 0.387. The van der Waals surface area contributed by atoms with Gasteiger partial charge in [0.25, 0.3) is 0 Å². The third-order valence-corrected chi connectivity index (χ3v) is 4.92. The van der Waals surface area contributed by atoms with Crippen LogP contribution < -0.4 is 14.8 Å². The van der Waals surface area contributed by atoms with Crippen LogP contribution in [-0.2, 0) is 6.42 Å². The Morgan fingerprint density at radius 2 is 2.10 bits per heavy atom. The van der Waals surface area contributed by atoms with Gasteiger partial charge < -0.3 is 14.8 Å². The van der Waals surface area contributed by atoms with Gasteiger partial charge >= 0.3 is 0 Å². The first-order valence-corrected chi connectivity index (χ1v) is 8.37. The van der Waals surface area contributed by atoms with Gasteiger partial charge in [0.05, 0.1) is 19.1 Å². The molecule has 0 saturated carbocycles. The van der Waals surface area contributed by atoms with Gasteiger partial charge in [-0.25, -0.2) is 4.39 Å². The van der Waals surface area contributed by atoms with Gasteiger partial charge in [-0.1, -0.05) is 0 Å². The van der Waals surface area contributed by atoms with Gasteiger partial charge in [-0.2, -0.15) is 0 Å². The fourth-order valence-electron chi connectivity index (χ4n) is 2.61. The van der Waals surface area contributed by atoms with Crippen LogP contribution in [0, 0.1) is 0 Å². The first-order valence-electron chi connectivity index (χ1n) is 7.39. The molecule has 1 aliphatic rings. The summed E-state index contributed by atoms with van der Waals surface area (Å²) in [6.45, 7) is 2.66. The fourth-order valence-corrected chi connectivity index (χ4v) is 3.49. The highest BCUT2D eigenvalue weighted by atomic mass is 32.2. The van der Waals surface area contributed by atoms with Crippen molar-refractivity contribution in [1.29, 1.82) is 0 Å². The Balaban J connectivity index is 2.19. The number of ether oxygens (including phenoxy) is 2. The molecule has 1 N–H and O–H groups in total. The molecule has 1 aromatic rings. The van der Waals surface area contributed by atoms with E-state index in [2.05, 4.69) is 5.32 Å². The van der Waals surface area contributed by atoms with Crippen LogP contribution in [0.1, 0.15) is 25.3 Å². The highest BCUT2D eigenvalue weighted by molar-refractivity contribution is 7.99. The Labute approximate surface area is 130 Å². The average Bonchev–Trinajstić information content (AvgIpc) is 2.98. The molecule has 0 aromatic heterocycles. The van der Waals surface area contributed by atoms with E-state index in [9.17, 15) is 4.39 Å². The SMILES string of the molecule is COc1cc(SCC(C)F)c(OC)cc1CC1CCCN1. The summed E-state index contributed by atoms with van der Waals surface area (Å²) < 4.78 is 24.0. The molecular formula is C16H24FNO2S. The number of hydrogen-bond acceptors (Lipinski definition) is 4. The van der Waals surface area contributed by atoms with Crippen molar-refractivity contribution >= 4 is 11.8 Å². The largest absolute Gasteiger partial charge is 0.496 e. The lowest BCUT2D eigenvalue weighted by atomic mass is 10.0. The van der Waals surface area contributed by atoms with E-state index in [0.717, 1.165) is 34.9 Å². The third kappa shape index (κ3) is 4.51. The quantitative estimate of drug-likeness (QED) is 0.781. The molecule has 2 rings (SSSR count). The van der Waals surface area contributed by atoms with Crippen LogP contribution in [0.4, 0.5) is 4.39 Å². The molecular weight excluding hydrogens is 289 g/mol. The molecule has 0 spiro atoms. The highest BCUT2D eigenvalue weighted by Gasteiger charge is 2.19. The van der Waals surface area contributed by atoms with Gasteiger partial charge in [-0.3, -0.25) is 0 Å². The van der Waals surface area contributed by atoms with E-state index < -0.39 is 6.17 Å². The summed E-state index contributed by atoms with van der Waals surface area (Å²) >= 11 is 1.47. The molecule has 5 heteroatoms. The number of benzene rings is 1. The Morgan fingerprint density at radius 3 is 2.67 bits per heavy atom. The van der Waals surface area contributed by atoms with Crippen LogP contribution in [0.2, 0.25) is 0 Å². The Hall–Kier alpha value is -0.940. The summed E-state index contributed by atoms with van der Waals surface area (Å²) in [4.78, 5) is 0.932. The molecule has 0 radical (unpaired) electrons. The Bertz CT molecular complexity index is 462. The number of methoxy groups -OCH3 is 2. The summed E-state index contributed by atoms with van der Waals surface area (Å²) in [7, 11) is 3.34. The summed E-state index contributed by atoms with van der Waals surface area (Å²) in [5.74, 6) is 2.08. The molecule has 1 heterocycles. The van der Waals surface area contributed by atoms with Crippen molar-refractivity contribution in [2.45, 2.75) is 43.3 Å². The zero-order valence-electron chi connectivity index (χ0n) is 12.9. The number of alkyl halides is 1. The predicted molar refractivity (Wildman–Crippen MR) is 85.6 cm³/mol. The van der Waals surface area contributed by atoms with Gasteiger partial charge in [-0.05, 0) is 50.4 Å². The molecule has 21 heavy (non-hydrogen) atoms. The maximum absolute atomic E-state index is 13.1. The number of hydrogen-bond donors (Lipinski definition) is 1.